The number of aliphatic hydroxyl groups is 1. The molecule has 1 atom stereocenters. The highest BCUT2D eigenvalue weighted by molar-refractivity contribution is 6.01. The minimum atomic E-state index is -1.15. The van der Waals surface area contributed by atoms with E-state index in [0.29, 0.717) is 11.3 Å². The molecule has 0 aliphatic carbocycles. The van der Waals surface area contributed by atoms with Gasteiger partial charge in [-0.25, -0.2) is 9.48 Å². The van der Waals surface area contributed by atoms with Crippen molar-refractivity contribution in [1.82, 2.24) is 15.1 Å². The summed E-state index contributed by atoms with van der Waals surface area (Å²) in [6.07, 6.45) is 2.54. The highest BCUT2D eigenvalue weighted by Crippen LogP contribution is 2.25. The maximum atomic E-state index is 13.0. The van der Waals surface area contributed by atoms with Crippen LogP contribution in [-0.2, 0) is 16.0 Å². The van der Waals surface area contributed by atoms with E-state index in [1.165, 1.54) is 12.7 Å². The third kappa shape index (κ3) is 4.41. The van der Waals surface area contributed by atoms with Gasteiger partial charge in [-0.2, -0.15) is 5.10 Å². The first kappa shape index (κ1) is 21.3. The van der Waals surface area contributed by atoms with Gasteiger partial charge < -0.3 is 15.2 Å². The molecule has 0 unspecified atom stereocenters. The van der Waals surface area contributed by atoms with Crippen molar-refractivity contribution in [3.8, 4) is 16.9 Å². The maximum Gasteiger partial charge on any atom is 0.330 e. The van der Waals surface area contributed by atoms with Crippen molar-refractivity contribution in [2.75, 3.05) is 13.7 Å². The van der Waals surface area contributed by atoms with Crippen molar-refractivity contribution >= 4 is 11.9 Å². The van der Waals surface area contributed by atoms with Crippen molar-refractivity contribution in [2.24, 2.45) is 0 Å². The number of amides is 1. The normalized spacial score (nSPS) is 11.7. The van der Waals surface area contributed by atoms with E-state index in [1.807, 2.05) is 55.5 Å². The largest absolute Gasteiger partial charge is 0.467 e. The molecule has 3 aromatic rings. The summed E-state index contributed by atoms with van der Waals surface area (Å²) in [6, 6.07) is 14.4. The number of aromatic nitrogens is 2. The molecule has 0 aliphatic heterocycles. The molecule has 0 bridgehead atoms. The molecule has 2 aromatic carbocycles. The summed E-state index contributed by atoms with van der Waals surface area (Å²) in [5, 5.41) is 16.6. The number of esters is 1. The molecule has 156 valence electrons. The van der Waals surface area contributed by atoms with Gasteiger partial charge in [0.25, 0.3) is 5.91 Å². The number of nitrogens with one attached hydrogen (secondary N) is 1. The van der Waals surface area contributed by atoms with E-state index >= 15 is 0 Å². The fourth-order valence-electron chi connectivity index (χ4n) is 3.15. The van der Waals surface area contributed by atoms with Crippen LogP contribution >= 0.6 is 0 Å². The average Bonchev–Trinajstić information content (AvgIpc) is 3.22. The number of ether oxygens (including phenoxy) is 1. The van der Waals surface area contributed by atoms with Crippen molar-refractivity contribution < 1.29 is 19.4 Å². The maximum absolute atomic E-state index is 13.0. The Labute approximate surface area is 175 Å². The fourth-order valence-corrected chi connectivity index (χ4v) is 3.15. The Hall–Kier alpha value is -3.45. The smallest absolute Gasteiger partial charge is 0.330 e. The van der Waals surface area contributed by atoms with Crippen LogP contribution in [0.1, 0.15) is 28.4 Å². The van der Waals surface area contributed by atoms with Crippen LogP contribution in [0.4, 0.5) is 0 Å². The molecule has 0 radical (unpaired) electrons. The minimum Gasteiger partial charge on any atom is -0.467 e. The first-order valence-electron chi connectivity index (χ1n) is 9.73. The molecular weight excluding hydrogens is 382 g/mol. The van der Waals surface area contributed by atoms with Gasteiger partial charge >= 0.3 is 5.97 Å². The van der Waals surface area contributed by atoms with E-state index < -0.39 is 24.5 Å². The van der Waals surface area contributed by atoms with Crippen LogP contribution in [-0.4, -0.2) is 46.5 Å². The number of aliphatic hydroxyl groups excluding tert-OH is 1. The van der Waals surface area contributed by atoms with Gasteiger partial charge in [0.05, 0.1) is 25.0 Å². The van der Waals surface area contributed by atoms with Crippen LogP contribution in [0.25, 0.3) is 16.9 Å². The van der Waals surface area contributed by atoms with Crippen molar-refractivity contribution in [3.63, 3.8) is 0 Å². The number of benzene rings is 2. The van der Waals surface area contributed by atoms with Gasteiger partial charge in [0.1, 0.15) is 5.69 Å². The molecule has 0 saturated carbocycles. The number of hydrogen-bond acceptors (Lipinski definition) is 5. The number of aryl methyl sites for hydroxylation is 2. The van der Waals surface area contributed by atoms with Crippen LogP contribution in [0.15, 0.2) is 54.7 Å². The number of nitrogens with zero attached hydrogens (tertiary/aromatic N) is 2. The van der Waals surface area contributed by atoms with Gasteiger partial charge in [0.2, 0.25) is 0 Å². The molecule has 0 spiro atoms. The molecule has 2 N–H and O–H groups in total. The summed E-state index contributed by atoms with van der Waals surface area (Å²) < 4.78 is 6.29. The Balaban J connectivity index is 2.06. The molecule has 30 heavy (non-hydrogen) atoms. The summed E-state index contributed by atoms with van der Waals surface area (Å²) in [7, 11) is 1.20. The second kappa shape index (κ2) is 9.37. The highest BCUT2D eigenvalue weighted by atomic mass is 16.5. The first-order chi connectivity index (χ1) is 14.5. The molecule has 7 heteroatoms. The summed E-state index contributed by atoms with van der Waals surface area (Å²) in [5.41, 5.74) is 4.58. The number of carbonyl (C=O) groups is 2. The Morgan fingerprint density at radius 1 is 1.17 bits per heavy atom. The summed E-state index contributed by atoms with van der Waals surface area (Å²) in [5.74, 6) is -1.24. The summed E-state index contributed by atoms with van der Waals surface area (Å²) in [4.78, 5) is 24.8. The Morgan fingerprint density at radius 2 is 1.87 bits per heavy atom. The van der Waals surface area contributed by atoms with Crippen LogP contribution in [0, 0.1) is 6.92 Å². The van der Waals surface area contributed by atoms with Gasteiger partial charge in [0, 0.05) is 11.8 Å². The van der Waals surface area contributed by atoms with E-state index in [1.54, 1.807) is 10.9 Å². The lowest BCUT2D eigenvalue weighted by Crippen LogP contribution is -2.44. The predicted molar refractivity (Wildman–Crippen MR) is 113 cm³/mol. The van der Waals surface area contributed by atoms with Gasteiger partial charge in [-0.3, -0.25) is 4.79 Å². The molecule has 7 nitrogen and oxygen atoms in total. The van der Waals surface area contributed by atoms with E-state index in [-0.39, 0.29) is 0 Å². The number of hydrogen-bond donors (Lipinski definition) is 2. The van der Waals surface area contributed by atoms with Gasteiger partial charge in [-0.1, -0.05) is 49.4 Å². The third-order valence-corrected chi connectivity index (χ3v) is 4.93. The molecule has 1 amide bonds. The first-order valence-corrected chi connectivity index (χ1v) is 9.73. The van der Waals surface area contributed by atoms with Crippen LogP contribution in [0.2, 0.25) is 0 Å². The average molecular weight is 407 g/mol. The lowest BCUT2D eigenvalue weighted by molar-refractivity contribution is -0.143. The lowest BCUT2D eigenvalue weighted by Gasteiger charge is -2.13. The van der Waals surface area contributed by atoms with E-state index in [2.05, 4.69) is 22.1 Å². The monoisotopic (exact) mass is 407 g/mol. The number of carbonyl (C=O) groups excluding carboxylic acids is 2. The van der Waals surface area contributed by atoms with Crippen LogP contribution in [0.3, 0.4) is 0 Å². The fraction of sp³-hybridized carbons (Fsp3) is 0.261. The van der Waals surface area contributed by atoms with E-state index in [9.17, 15) is 14.7 Å². The minimum absolute atomic E-state index is 0.296. The second-order valence-corrected chi connectivity index (χ2v) is 6.90. The molecule has 0 fully saturated rings. The zero-order valence-corrected chi connectivity index (χ0v) is 17.3. The molecule has 1 aromatic heterocycles. The Kier molecular flexibility index (Phi) is 6.64. The Morgan fingerprint density at radius 3 is 2.47 bits per heavy atom. The highest BCUT2D eigenvalue weighted by Gasteiger charge is 2.25. The van der Waals surface area contributed by atoms with E-state index in [0.717, 1.165) is 23.2 Å². The van der Waals surface area contributed by atoms with Gasteiger partial charge in [-0.05, 0) is 30.5 Å². The number of methoxy groups -OCH3 is 1. The Bertz CT molecular complexity index is 1040. The molecular formula is C23H25N3O4. The van der Waals surface area contributed by atoms with Crippen molar-refractivity contribution in [2.45, 2.75) is 26.3 Å². The predicted octanol–water partition coefficient (Wildman–Crippen LogP) is 2.67. The van der Waals surface area contributed by atoms with Crippen LogP contribution < -0.4 is 5.32 Å². The molecule has 0 aliphatic rings. The van der Waals surface area contributed by atoms with Gasteiger partial charge in [-0.15, -0.1) is 0 Å². The zero-order valence-electron chi connectivity index (χ0n) is 17.3. The second-order valence-electron chi connectivity index (χ2n) is 6.90. The number of para-hydroxylation sites is 1. The third-order valence-electron chi connectivity index (χ3n) is 4.93. The zero-order chi connectivity index (χ0) is 21.7. The molecule has 0 saturated heterocycles. The number of rotatable bonds is 7. The SMILES string of the molecule is CCc1ccc(-c2nn(-c3ccccc3C)cc2C(=O)N[C@@H](CO)C(=O)OC)cc1. The molecule has 1 heterocycles. The van der Waals surface area contributed by atoms with E-state index in [4.69, 9.17) is 0 Å². The molecule has 3 rings (SSSR count). The van der Waals surface area contributed by atoms with Crippen LogP contribution in [0.5, 0.6) is 0 Å². The quantitative estimate of drug-likeness (QED) is 0.588. The topological polar surface area (TPSA) is 93.5 Å². The summed E-state index contributed by atoms with van der Waals surface area (Å²) in [6.45, 7) is 3.47. The van der Waals surface area contributed by atoms with Crippen molar-refractivity contribution in [1.29, 1.82) is 0 Å². The van der Waals surface area contributed by atoms with Crippen molar-refractivity contribution in [3.05, 3.63) is 71.4 Å². The standard InChI is InChI=1S/C23H25N3O4/c1-4-16-9-11-17(12-10-16)21-18(22(28)24-19(14-27)23(29)30-3)13-26(25-21)20-8-6-5-7-15(20)2/h5-13,19,27H,4,14H2,1-3H3,(H,24,28)/t19-/m0/s1. The van der Waals surface area contributed by atoms with Gasteiger partial charge in [0.15, 0.2) is 6.04 Å². The lowest BCUT2D eigenvalue weighted by atomic mass is 10.0. The summed E-state index contributed by atoms with van der Waals surface area (Å²) >= 11 is 0.